The number of hydrogen-bond donors (Lipinski definition) is 1. The number of rotatable bonds is 4. The summed E-state index contributed by atoms with van der Waals surface area (Å²) in [5.41, 5.74) is -2.97. The first kappa shape index (κ1) is 22.4. The van der Waals surface area contributed by atoms with Crippen LogP contribution >= 0.6 is 0 Å². The first-order valence-corrected chi connectivity index (χ1v) is 9.71. The lowest BCUT2D eigenvalue weighted by molar-refractivity contribution is -0.211. The Balaban J connectivity index is 1.80. The molecule has 1 N–H and O–H groups in total. The van der Waals surface area contributed by atoms with Gasteiger partial charge in [0.2, 0.25) is 0 Å². The number of piperidine rings is 1. The van der Waals surface area contributed by atoms with Crippen molar-refractivity contribution < 1.29 is 36.2 Å². The highest BCUT2D eigenvalue weighted by Crippen LogP contribution is 2.51. The Labute approximate surface area is 165 Å². The molecule has 1 aliphatic heterocycles. The molecular weight excluding hydrogens is 400 g/mol. The Bertz CT molecular complexity index is 690. The summed E-state index contributed by atoms with van der Waals surface area (Å²) in [6, 6.07) is 1.13. The van der Waals surface area contributed by atoms with E-state index in [1.807, 2.05) is 11.8 Å². The van der Waals surface area contributed by atoms with Gasteiger partial charge < -0.3 is 9.84 Å². The first-order chi connectivity index (χ1) is 13.4. The number of benzene rings is 1. The Morgan fingerprint density at radius 3 is 2.00 bits per heavy atom. The summed E-state index contributed by atoms with van der Waals surface area (Å²) in [6.07, 6.45) is -8.51. The van der Waals surface area contributed by atoms with Gasteiger partial charge in [0.15, 0.2) is 0 Å². The molecule has 3 nitrogen and oxygen atoms in total. The molecule has 1 heterocycles. The van der Waals surface area contributed by atoms with Crippen LogP contribution in [0, 0.1) is 5.41 Å². The van der Waals surface area contributed by atoms with Gasteiger partial charge in [-0.1, -0.05) is 0 Å². The second-order valence-corrected chi connectivity index (χ2v) is 7.98. The third-order valence-corrected chi connectivity index (χ3v) is 6.48. The highest BCUT2D eigenvalue weighted by atomic mass is 19.4. The average Bonchev–Trinajstić information content (AvgIpc) is 2.65. The Kier molecular flexibility index (Phi) is 5.97. The monoisotopic (exact) mass is 425 g/mol. The maximum Gasteiger partial charge on any atom is 0.416 e. The Morgan fingerprint density at radius 2 is 1.59 bits per heavy atom. The number of ether oxygens (including phenoxy) is 1. The van der Waals surface area contributed by atoms with Gasteiger partial charge in [-0.05, 0) is 63.5 Å². The number of alkyl halides is 6. The lowest BCUT2D eigenvalue weighted by atomic mass is 9.58. The van der Waals surface area contributed by atoms with Gasteiger partial charge in [-0.15, -0.1) is 0 Å². The highest BCUT2D eigenvalue weighted by Gasteiger charge is 2.56. The number of nitrogens with zero attached hydrogens (tertiary/aromatic N) is 1. The van der Waals surface area contributed by atoms with Gasteiger partial charge in [0.1, 0.15) is 0 Å². The molecule has 1 spiro atoms. The fourth-order valence-electron chi connectivity index (χ4n) is 4.58. The number of halogens is 6. The fraction of sp³-hybridized carbons (Fsp3) is 0.700. The maximum absolute atomic E-state index is 13.1. The molecule has 3 rings (SSSR count). The van der Waals surface area contributed by atoms with E-state index in [0.717, 1.165) is 12.1 Å². The number of aliphatic hydroxyl groups is 1. The number of hydrogen-bond acceptors (Lipinski definition) is 3. The predicted octanol–water partition coefficient (Wildman–Crippen LogP) is 5.04. The maximum atomic E-state index is 13.1. The number of aliphatic hydroxyl groups excluding tert-OH is 1. The summed E-state index contributed by atoms with van der Waals surface area (Å²) in [6.45, 7) is 4.97. The summed E-state index contributed by atoms with van der Waals surface area (Å²) in [5.74, 6) is 0. The van der Waals surface area contributed by atoms with Crippen LogP contribution in [0.4, 0.5) is 26.3 Å². The van der Waals surface area contributed by atoms with E-state index in [0.29, 0.717) is 39.0 Å². The minimum Gasteiger partial charge on any atom is -0.392 e. The van der Waals surface area contributed by atoms with Crippen LogP contribution in [0.2, 0.25) is 0 Å². The van der Waals surface area contributed by atoms with Crippen molar-refractivity contribution >= 4 is 0 Å². The van der Waals surface area contributed by atoms with Gasteiger partial charge in [0.25, 0.3) is 0 Å². The summed E-state index contributed by atoms with van der Waals surface area (Å²) in [4.78, 5) is 1.87. The van der Waals surface area contributed by atoms with Gasteiger partial charge in [-0.2, -0.15) is 26.3 Å². The molecule has 0 amide bonds. The predicted molar refractivity (Wildman–Crippen MR) is 94.1 cm³/mol. The standard InChI is InChI=1S/C20H25F6NO2/c1-3-29-17-11-16(28)18(17)4-6-27(7-5-18)12(2)13-8-14(19(21,22)23)10-15(9-13)20(24,25)26/h8-10,12,16-17,28H,3-7,11H2,1-2H3/t12-,16-,17+/m0/s1. The SMILES string of the molecule is CCO[C@@H]1C[C@H](O)C12CCN([C@@H](C)c1cc(C(F)(F)F)cc(C(F)(F)F)c1)CC2. The molecule has 3 atom stereocenters. The molecule has 29 heavy (non-hydrogen) atoms. The van der Waals surface area contributed by atoms with E-state index in [9.17, 15) is 31.4 Å². The van der Waals surface area contributed by atoms with E-state index in [4.69, 9.17) is 4.74 Å². The second kappa shape index (κ2) is 7.74. The van der Waals surface area contributed by atoms with E-state index < -0.39 is 35.6 Å². The third kappa shape index (κ3) is 4.27. The molecule has 0 radical (unpaired) electrons. The van der Waals surface area contributed by atoms with Crippen LogP contribution in [0.3, 0.4) is 0 Å². The van der Waals surface area contributed by atoms with Crippen LogP contribution in [0.25, 0.3) is 0 Å². The molecule has 1 aliphatic carbocycles. The largest absolute Gasteiger partial charge is 0.416 e. The Morgan fingerprint density at radius 1 is 1.07 bits per heavy atom. The summed E-state index contributed by atoms with van der Waals surface area (Å²) >= 11 is 0. The fourth-order valence-corrected chi connectivity index (χ4v) is 4.58. The van der Waals surface area contributed by atoms with Crippen molar-refractivity contribution in [3.63, 3.8) is 0 Å². The van der Waals surface area contributed by atoms with E-state index in [1.165, 1.54) is 0 Å². The van der Waals surface area contributed by atoms with Gasteiger partial charge in [0, 0.05) is 24.5 Å². The normalized spacial score (nSPS) is 26.4. The smallest absolute Gasteiger partial charge is 0.392 e. The van der Waals surface area contributed by atoms with Crippen LogP contribution in [0.15, 0.2) is 18.2 Å². The summed E-state index contributed by atoms with van der Waals surface area (Å²) in [7, 11) is 0. The molecule has 1 aromatic rings. The molecule has 0 aromatic heterocycles. The zero-order valence-electron chi connectivity index (χ0n) is 16.3. The van der Waals surface area contributed by atoms with E-state index in [2.05, 4.69) is 0 Å². The van der Waals surface area contributed by atoms with Crippen molar-refractivity contribution in [3.8, 4) is 0 Å². The molecule has 9 heteroatoms. The zero-order valence-corrected chi connectivity index (χ0v) is 16.3. The quantitative estimate of drug-likeness (QED) is 0.687. The average molecular weight is 425 g/mol. The molecule has 0 bridgehead atoms. The van der Waals surface area contributed by atoms with Crippen molar-refractivity contribution in [2.45, 2.75) is 63.7 Å². The van der Waals surface area contributed by atoms with Gasteiger partial charge >= 0.3 is 12.4 Å². The Hall–Kier alpha value is -1.32. The topological polar surface area (TPSA) is 32.7 Å². The zero-order chi connectivity index (χ0) is 21.6. The minimum atomic E-state index is -4.86. The molecule has 1 saturated carbocycles. The van der Waals surface area contributed by atoms with Crippen molar-refractivity contribution in [1.82, 2.24) is 4.90 Å². The minimum absolute atomic E-state index is 0.0152. The molecule has 1 saturated heterocycles. The molecule has 164 valence electrons. The van der Waals surface area contributed by atoms with Crippen molar-refractivity contribution in [2.24, 2.45) is 5.41 Å². The van der Waals surface area contributed by atoms with Crippen LogP contribution < -0.4 is 0 Å². The van der Waals surface area contributed by atoms with Gasteiger partial charge in [0.05, 0.1) is 23.3 Å². The third-order valence-electron chi connectivity index (χ3n) is 6.48. The van der Waals surface area contributed by atoms with E-state index in [1.54, 1.807) is 6.92 Å². The van der Waals surface area contributed by atoms with Crippen molar-refractivity contribution in [1.29, 1.82) is 0 Å². The molecule has 0 unspecified atom stereocenters. The van der Waals surface area contributed by atoms with Crippen LogP contribution in [-0.4, -0.2) is 41.9 Å². The second-order valence-electron chi connectivity index (χ2n) is 7.98. The first-order valence-electron chi connectivity index (χ1n) is 9.71. The van der Waals surface area contributed by atoms with Crippen LogP contribution in [-0.2, 0) is 17.1 Å². The lowest BCUT2D eigenvalue weighted by Crippen LogP contribution is -2.62. The van der Waals surface area contributed by atoms with Gasteiger partial charge in [-0.3, -0.25) is 4.90 Å². The molecule has 2 aliphatic rings. The molecule has 2 fully saturated rings. The van der Waals surface area contributed by atoms with E-state index in [-0.39, 0.29) is 23.1 Å². The van der Waals surface area contributed by atoms with Crippen LogP contribution in [0.1, 0.15) is 55.8 Å². The summed E-state index contributed by atoms with van der Waals surface area (Å²) in [5, 5.41) is 10.3. The lowest BCUT2D eigenvalue weighted by Gasteiger charge is -2.57. The van der Waals surface area contributed by atoms with Crippen molar-refractivity contribution in [3.05, 3.63) is 34.9 Å². The molecule has 1 aromatic carbocycles. The highest BCUT2D eigenvalue weighted by molar-refractivity contribution is 5.35. The van der Waals surface area contributed by atoms with Crippen LogP contribution in [0.5, 0.6) is 0 Å². The number of likely N-dealkylation sites (tertiary alicyclic amines) is 1. The van der Waals surface area contributed by atoms with Crippen molar-refractivity contribution in [2.75, 3.05) is 19.7 Å². The summed E-state index contributed by atoms with van der Waals surface area (Å²) < 4.78 is 84.5. The molecular formula is C20H25F6NO2. The van der Waals surface area contributed by atoms with E-state index >= 15 is 0 Å². The van der Waals surface area contributed by atoms with Gasteiger partial charge in [-0.25, -0.2) is 0 Å².